The Morgan fingerprint density at radius 3 is 1.17 bits per heavy atom. The second-order valence-corrected chi connectivity index (χ2v) is 9.45. The van der Waals surface area contributed by atoms with Crippen LogP contribution in [0.5, 0.6) is 0 Å². The van der Waals surface area contributed by atoms with E-state index in [0.29, 0.717) is 10.8 Å². The smallest absolute Gasteiger partial charge is 0.0230 e. The third kappa shape index (κ3) is 9.55. The van der Waals surface area contributed by atoms with Crippen LogP contribution in [0.15, 0.2) is 48.5 Å². The monoisotopic (exact) mass is 324 g/mol. The van der Waals surface area contributed by atoms with Crippen molar-refractivity contribution in [3.63, 3.8) is 0 Å². The molecule has 0 amide bonds. The van der Waals surface area contributed by atoms with Gasteiger partial charge in [-0.15, -0.1) is 0 Å². The van der Waals surface area contributed by atoms with Crippen molar-refractivity contribution in [3.05, 3.63) is 70.8 Å². The lowest BCUT2D eigenvalue weighted by Crippen LogP contribution is -2.08. The first-order valence-corrected chi connectivity index (χ1v) is 9.06. The molecule has 2 rings (SSSR count). The Labute approximate surface area is 150 Å². The summed E-state index contributed by atoms with van der Waals surface area (Å²) in [5.41, 5.74) is 6.40. The summed E-state index contributed by atoms with van der Waals surface area (Å²) in [7, 11) is 0. The Kier molecular flexibility index (Phi) is 7.27. The molecule has 2 aromatic rings. The fourth-order valence-corrected chi connectivity index (χ4v) is 2.87. The lowest BCUT2D eigenvalue weighted by molar-refractivity contribution is 0.411. The van der Waals surface area contributed by atoms with E-state index in [-0.39, 0.29) is 0 Å². The predicted octanol–water partition coefficient (Wildman–Crippen LogP) is 7.17. The summed E-state index contributed by atoms with van der Waals surface area (Å²) in [6.07, 6.45) is 2.32. The first-order valence-electron chi connectivity index (χ1n) is 9.06. The van der Waals surface area contributed by atoms with E-state index in [9.17, 15) is 0 Å². The summed E-state index contributed by atoms with van der Waals surface area (Å²) in [5.74, 6) is 0. The summed E-state index contributed by atoms with van der Waals surface area (Å²) >= 11 is 0. The third-order valence-electron chi connectivity index (χ3n) is 3.63. The van der Waals surface area contributed by atoms with Gasteiger partial charge in [0.05, 0.1) is 0 Å². The number of rotatable bonds is 2. The number of benzene rings is 2. The summed E-state index contributed by atoms with van der Waals surface area (Å²) in [4.78, 5) is 0. The van der Waals surface area contributed by atoms with Gasteiger partial charge in [-0.1, -0.05) is 101 Å². The maximum Gasteiger partial charge on any atom is -0.0230 e. The van der Waals surface area contributed by atoms with Gasteiger partial charge in [0.15, 0.2) is 0 Å². The van der Waals surface area contributed by atoms with Crippen LogP contribution in [0.4, 0.5) is 0 Å². The average molecular weight is 325 g/mol. The molecule has 2 aromatic carbocycles. The Balaban J connectivity index is 0.000000240. The molecule has 0 aliphatic heterocycles. The maximum absolute atomic E-state index is 2.27. The maximum atomic E-state index is 2.27. The van der Waals surface area contributed by atoms with Crippen LogP contribution < -0.4 is 0 Å². The topological polar surface area (TPSA) is 0 Å². The molecule has 0 radical (unpaired) electrons. The molecule has 0 spiro atoms. The van der Waals surface area contributed by atoms with Gasteiger partial charge in [0, 0.05) is 0 Å². The highest BCUT2D eigenvalue weighted by molar-refractivity contribution is 5.23. The molecule has 0 heteroatoms. The van der Waals surface area contributed by atoms with Gasteiger partial charge in [-0.05, 0) is 48.6 Å². The van der Waals surface area contributed by atoms with Crippen LogP contribution in [0, 0.1) is 24.7 Å². The Morgan fingerprint density at radius 1 is 0.583 bits per heavy atom. The molecular formula is C24H36. The SMILES string of the molecule is Cc1cccc(CC(C)(C)C)c1.Cc1cccc(CC(C)(C)C)c1. The van der Waals surface area contributed by atoms with Crippen molar-refractivity contribution < 1.29 is 0 Å². The van der Waals surface area contributed by atoms with Gasteiger partial charge < -0.3 is 0 Å². The molecule has 0 aromatic heterocycles. The summed E-state index contributed by atoms with van der Waals surface area (Å²) in [6.45, 7) is 17.9. The molecule has 0 aliphatic rings. The molecule has 0 unspecified atom stereocenters. The van der Waals surface area contributed by atoms with E-state index in [4.69, 9.17) is 0 Å². The lowest BCUT2D eigenvalue weighted by atomic mass is 9.88. The minimum atomic E-state index is 0.397. The van der Waals surface area contributed by atoms with E-state index in [0.717, 1.165) is 12.8 Å². The molecule has 0 N–H and O–H groups in total. The van der Waals surface area contributed by atoms with Gasteiger partial charge in [-0.25, -0.2) is 0 Å². The van der Waals surface area contributed by atoms with Gasteiger partial charge in [0.2, 0.25) is 0 Å². The van der Waals surface area contributed by atoms with Gasteiger partial charge in [-0.2, -0.15) is 0 Å². The summed E-state index contributed by atoms with van der Waals surface area (Å²) in [5, 5.41) is 0. The molecule has 0 fully saturated rings. The zero-order chi connectivity index (χ0) is 18.4. The number of hydrogen-bond acceptors (Lipinski definition) is 0. The van der Waals surface area contributed by atoms with Crippen molar-refractivity contribution in [2.24, 2.45) is 10.8 Å². The van der Waals surface area contributed by atoms with Crippen LogP contribution in [-0.4, -0.2) is 0 Å². The van der Waals surface area contributed by atoms with Crippen LogP contribution in [-0.2, 0) is 12.8 Å². The molecule has 0 bridgehead atoms. The first-order chi connectivity index (χ1) is 10.9. The molecule has 0 nitrogen and oxygen atoms in total. The van der Waals surface area contributed by atoms with Crippen molar-refractivity contribution in [3.8, 4) is 0 Å². The van der Waals surface area contributed by atoms with E-state index >= 15 is 0 Å². The highest BCUT2D eigenvalue weighted by Crippen LogP contribution is 2.21. The van der Waals surface area contributed by atoms with Gasteiger partial charge in [0.25, 0.3) is 0 Å². The van der Waals surface area contributed by atoms with E-state index in [1.807, 2.05) is 0 Å². The average Bonchev–Trinajstić information content (AvgIpc) is 2.35. The van der Waals surface area contributed by atoms with Crippen molar-refractivity contribution in [2.45, 2.75) is 68.2 Å². The molecule has 0 saturated heterocycles. The van der Waals surface area contributed by atoms with Crippen molar-refractivity contribution in [2.75, 3.05) is 0 Å². The Morgan fingerprint density at radius 2 is 0.917 bits per heavy atom. The number of hydrogen-bond donors (Lipinski definition) is 0. The minimum absolute atomic E-state index is 0.397. The second kappa shape index (κ2) is 8.51. The zero-order valence-electron chi connectivity index (χ0n) is 17.0. The first kappa shape index (κ1) is 20.5. The molecule has 132 valence electrons. The minimum Gasteiger partial charge on any atom is -0.0617 e. The highest BCUT2D eigenvalue weighted by Gasteiger charge is 2.11. The van der Waals surface area contributed by atoms with Gasteiger partial charge in [-0.3, -0.25) is 0 Å². The van der Waals surface area contributed by atoms with E-state index in [1.165, 1.54) is 22.3 Å². The molecule has 0 aliphatic carbocycles. The van der Waals surface area contributed by atoms with E-state index in [1.54, 1.807) is 0 Å². The normalized spacial score (nSPS) is 11.7. The van der Waals surface area contributed by atoms with Crippen LogP contribution in [0.25, 0.3) is 0 Å². The van der Waals surface area contributed by atoms with Crippen molar-refractivity contribution >= 4 is 0 Å². The zero-order valence-corrected chi connectivity index (χ0v) is 17.0. The van der Waals surface area contributed by atoms with Gasteiger partial charge >= 0.3 is 0 Å². The molecular weight excluding hydrogens is 288 g/mol. The van der Waals surface area contributed by atoms with Crippen LogP contribution in [0.2, 0.25) is 0 Å². The second-order valence-electron chi connectivity index (χ2n) is 9.45. The fourth-order valence-electron chi connectivity index (χ4n) is 2.87. The summed E-state index contributed by atoms with van der Waals surface area (Å²) < 4.78 is 0. The summed E-state index contributed by atoms with van der Waals surface area (Å²) in [6, 6.07) is 17.5. The van der Waals surface area contributed by atoms with E-state index in [2.05, 4.69) is 104 Å². The predicted molar refractivity (Wildman–Crippen MR) is 109 cm³/mol. The van der Waals surface area contributed by atoms with Crippen LogP contribution in [0.1, 0.15) is 63.8 Å². The van der Waals surface area contributed by atoms with Crippen LogP contribution in [0.3, 0.4) is 0 Å². The fraction of sp³-hybridized carbons (Fsp3) is 0.500. The largest absolute Gasteiger partial charge is 0.0617 e. The number of aryl methyl sites for hydroxylation is 2. The molecule has 24 heavy (non-hydrogen) atoms. The molecule has 0 heterocycles. The lowest BCUT2D eigenvalue weighted by Gasteiger charge is -2.18. The van der Waals surface area contributed by atoms with Crippen LogP contribution >= 0.6 is 0 Å². The van der Waals surface area contributed by atoms with Crippen molar-refractivity contribution in [1.82, 2.24) is 0 Å². The Hall–Kier alpha value is -1.56. The quantitative estimate of drug-likeness (QED) is 0.549. The molecule has 0 saturated carbocycles. The molecule has 0 atom stereocenters. The standard InChI is InChI=1S/2C12H18/c2*1-10-6-5-7-11(8-10)9-12(2,3)4/h2*5-8H,9H2,1-4H3. The van der Waals surface area contributed by atoms with Gasteiger partial charge in [0.1, 0.15) is 0 Å². The van der Waals surface area contributed by atoms with Crippen molar-refractivity contribution in [1.29, 1.82) is 0 Å². The Bertz CT molecular complexity index is 563. The van der Waals surface area contributed by atoms with E-state index < -0.39 is 0 Å². The highest BCUT2D eigenvalue weighted by atomic mass is 14.2. The third-order valence-corrected chi connectivity index (χ3v) is 3.63.